The molecule has 84 valence electrons. The Morgan fingerprint density at radius 2 is 2.19 bits per heavy atom. The van der Waals surface area contributed by atoms with Gasteiger partial charge in [0.2, 0.25) is 0 Å². The summed E-state index contributed by atoms with van der Waals surface area (Å²) in [7, 11) is 0. The first-order valence-electron chi connectivity index (χ1n) is 4.86. The van der Waals surface area contributed by atoms with Crippen LogP contribution in [0, 0.1) is 0 Å². The lowest BCUT2D eigenvalue weighted by molar-refractivity contribution is -0.414. The molecule has 1 aromatic heterocycles. The highest BCUT2D eigenvalue weighted by Crippen LogP contribution is 2.29. The predicted molar refractivity (Wildman–Crippen MR) is 60.9 cm³/mol. The topological polar surface area (TPSA) is 56.2 Å². The molecule has 0 aliphatic carbocycles. The Morgan fingerprint density at radius 3 is 2.88 bits per heavy atom. The van der Waals surface area contributed by atoms with Gasteiger partial charge < -0.3 is 9.47 Å². The van der Waals surface area contributed by atoms with Crippen molar-refractivity contribution in [2.75, 3.05) is 0 Å². The van der Waals surface area contributed by atoms with E-state index in [4.69, 9.17) is 9.47 Å². The van der Waals surface area contributed by atoms with E-state index in [0.717, 1.165) is 9.99 Å². The van der Waals surface area contributed by atoms with Crippen LogP contribution in [0.1, 0.15) is 13.3 Å². The van der Waals surface area contributed by atoms with Gasteiger partial charge in [0, 0.05) is 4.47 Å². The molecule has 16 heavy (non-hydrogen) atoms. The number of fused-ring (bicyclic) bond motifs is 1. The fourth-order valence-electron chi connectivity index (χ4n) is 1.79. The van der Waals surface area contributed by atoms with Gasteiger partial charge in [0.1, 0.15) is 0 Å². The van der Waals surface area contributed by atoms with E-state index in [0.29, 0.717) is 5.39 Å². The molecule has 1 fully saturated rings. The molecule has 5 nitrogen and oxygen atoms in total. The standard InChI is InChI=1S/C10H9BrN2O3/c1-5-15-10(16-5)13-7-4-2-3-6(11)8(7)9(14)12-13/h2-5,10H,1H3,(H,12,14). The molecular weight excluding hydrogens is 276 g/mol. The number of benzene rings is 1. The van der Waals surface area contributed by atoms with Crippen LogP contribution in [0.5, 0.6) is 0 Å². The Morgan fingerprint density at radius 1 is 1.44 bits per heavy atom. The minimum absolute atomic E-state index is 0.158. The van der Waals surface area contributed by atoms with E-state index in [1.54, 1.807) is 11.6 Å². The molecule has 0 radical (unpaired) electrons. The number of hydrogen-bond acceptors (Lipinski definition) is 3. The molecule has 1 aromatic carbocycles. The van der Waals surface area contributed by atoms with Gasteiger partial charge in [-0.15, -0.1) is 0 Å². The van der Waals surface area contributed by atoms with Gasteiger partial charge in [0.25, 0.3) is 12.0 Å². The van der Waals surface area contributed by atoms with Crippen LogP contribution in [-0.2, 0) is 9.47 Å². The minimum atomic E-state index is -0.533. The molecule has 0 bridgehead atoms. The van der Waals surface area contributed by atoms with E-state index in [2.05, 4.69) is 21.0 Å². The molecule has 2 heterocycles. The smallest absolute Gasteiger partial charge is 0.273 e. The molecule has 1 aliphatic rings. The largest absolute Gasteiger partial charge is 0.304 e. The number of nitrogens with zero attached hydrogens (tertiary/aromatic N) is 1. The Kier molecular flexibility index (Phi) is 2.17. The lowest BCUT2D eigenvalue weighted by Crippen LogP contribution is -2.36. The maximum Gasteiger partial charge on any atom is 0.273 e. The fourth-order valence-corrected chi connectivity index (χ4v) is 2.33. The molecule has 2 aromatic rings. The van der Waals surface area contributed by atoms with Crippen molar-refractivity contribution in [3.63, 3.8) is 0 Å². The summed E-state index contributed by atoms with van der Waals surface area (Å²) in [5.74, 6) is 0. The van der Waals surface area contributed by atoms with Crippen molar-refractivity contribution in [3.8, 4) is 0 Å². The van der Waals surface area contributed by atoms with Gasteiger partial charge >= 0.3 is 0 Å². The van der Waals surface area contributed by atoms with Crippen molar-refractivity contribution in [3.05, 3.63) is 33.0 Å². The SMILES string of the molecule is CC1OC(n2[nH]c(=O)c3c(Br)cccc32)O1. The molecule has 0 unspecified atom stereocenters. The summed E-state index contributed by atoms with van der Waals surface area (Å²) in [6, 6.07) is 5.53. The number of hydrogen-bond donors (Lipinski definition) is 1. The van der Waals surface area contributed by atoms with E-state index < -0.39 is 6.41 Å². The van der Waals surface area contributed by atoms with Crippen molar-refractivity contribution in [2.24, 2.45) is 0 Å². The highest BCUT2D eigenvalue weighted by Gasteiger charge is 2.30. The van der Waals surface area contributed by atoms with Gasteiger partial charge in [0.05, 0.1) is 10.9 Å². The molecule has 6 heteroatoms. The minimum Gasteiger partial charge on any atom is -0.304 e. The first-order valence-corrected chi connectivity index (χ1v) is 5.66. The highest BCUT2D eigenvalue weighted by molar-refractivity contribution is 9.10. The van der Waals surface area contributed by atoms with Crippen molar-refractivity contribution in [2.45, 2.75) is 19.6 Å². The molecule has 0 spiro atoms. The normalized spacial score (nSPS) is 24.6. The maximum absolute atomic E-state index is 11.7. The summed E-state index contributed by atoms with van der Waals surface area (Å²) in [5.41, 5.74) is 0.602. The quantitative estimate of drug-likeness (QED) is 0.871. The number of H-pyrrole nitrogens is 1. The summed E-state index contributed by atoms with van der Waals surface area (Å²) in [6.45, 7) is 1.80. The van der Waals surface area contributed by atoms with Gasteiger partial charge in [-0.05, 0) is 35.0 Å². The first kappa shape index (κ1) is 10.1. The number of rotatable bonds is 1. The molecule has 1 saturated heterocycles. The van der Waals surface area contributed by atoms with Crippen LogP contribution >= 0.6 is 15.9 Å². The van der Waals surface area contributed by atoms with E-state index >= 15 is 0 Å². The number of halogens is 1. The lowest BCUT2D eigenvalue weighted by Gasteiger charge is -2.34. The number of nitrogens with one attached hydrogen (secondary N) is 1. The van der Waals surface area contributed by atoms with Crippen LogP contribution in [-0.4, -0.2) is 16.1 Å². The van der Waals surface area contributed by atoms with Crippen molar-refractivity contribution >= 4 is 26.8 Å². The second kappa shape index (κ2) is 3.44. The summed E-state index contributed by atoms with van der Waals surface area (Å²) in [5, 5.41) is 3.30. The first-order chi connectivity index (χ1) is 7.66. The number of ether oxygens (including phenoxy) is 2. The van der Waals surface area contributed by atoms with E-state index in [-0.39, 0.29) is 11.8 Å². The van der Waals surface area contributed by atoms with E-state index in [1.807, 2.05) is 18.2 Å². The average molecular weight is 285 g/mol. The van der Waals surface area contributed by atoms with Crippen LogP contribution in [0.25, 0.3) is 10.9 Å². The van der Waals surface area contributed by atoms with E-state index in [1.165, 1.54) is 0 Å². The number of aromatic amines is 1. The fraction of sp³-hybridized carbons (Fsp3) is 0.300. The Labute approximate surface area is 99.1 Å². The Bertz CT molecular complexity index is 598. The predicted octanol–water partition coefficient (Wildman–Crippen LogP) is 1.94. The van der Waals surface area contributed by atoms with Gasteiger partial charge in [-0.25, -0.2) is 4.68 Å². The van der Waals surface area contributed by atoms with Crippen LogP contribution in [0.2, 0.25) is 0 Å². The molecule has 0 saturated carbocycles. The molecule has 0 atom stereocenters. The average Bonchev–Trinajstić information content (AvgIpc) is 2.53. The molecule has 3 rings (SSSR count). The van der Waals surface area contributed by atoms with Gasteiger partial charge in [-0.2, -0.15) is 0 Å². The van der Waals surface area contributed by atoms with Gasteiger partial charge in [-0.3, -0.25) is 9.89 Å². The third-order valence-electron chi connectivity index (χ3n) is 2.53. The summed E-state index contributed by atoms with van der Waals surface area (Å²) >= 11 is 3.35. The molecule has 1 aliphatic heterocycles. The van der Waals surface area contributed by atoms with Crippen LogP contribution < -0.4 is 5.56 Å². The zero-order valence-corrected chi connectivity index (χ0v) is 10.0. The lowest BCUT2D eigenvalue weighted by atomic mass is 10.2. The molecular formula is C10H9BrN2O3. The zero-order chi connectivity index (χ0) is 11.3. The second-order valence-corrected chi connectivity index (χ2v) is 4.45. The van der Waals surface area contributed by atoms with E-state index in [9.17, 15) is 4.79 Å². The van der Waals surface area contributed by atoms with Gasteiger partial charge in [-0.1, -0.05) is 6.07 Å². The van der Waals surface area contributed by atoms with Crippen LogP contribution in [0.15, 0.2) is 27.5 Å². The summed E-state index contributed by atoms with van der Waals surface area (Å²) < 4.78 is 13.0. The monoisotopic (exact) mass is 284 g/mol. The molecule has 0 amide bonds. The van der Waals surface area contributed by atoms with Crippen molar-refractivity contribution in [1.82, 2.24) is 9.78 Å². The Balaban J connectivity index is 2.20. The third-order valence-corrected chi connectivity index (χ3v) is 3.19. The summed E-state index contributed by atoms with van der Waals surface area (Å²) in [4.78, 5) is 11.7. The molecule has 1 N–H and O–H groups in total. The van der Waals surface area contributed by atoms with Crippen molar-refractivity contribution in [1.29, 1.82) is 0 Å². The maximum atomic E-state index is 11.7. The van der Waals surface area contributed by atoms with Crippen LogP contribution in [0.4, 0.5) is 0 Å². The Hall–Kier alpha value is -1.11. The third kappa shape index (κ3) is 1.34. The highest BCUT2D eigenvalue weighted by atomic mass is 79.9. The second-order valence-electron chi connectivity index (χ2n) is 3.59. The van der Waals surface area contributed by atoms with Crippen LogP contribution in [0.3, 0.4) is 0 Å². The zero-order valence-electron chi connectivity index (χ0n) is 8.44. The number of aromatic nitrogens is 2. The van der Waals surface area contributed by atoms with Gasteiger partial charge in [0.15, 0.2) is 6.29 Å². The van der Waals surface area contributed by atoms with Crippen molar-refractivity contribution < 1.29 is 9.47 Å². The summed E-state index contributed by atoms with van der Waals surface area (Å²) in [6.07, 6.45) is -0.757.